The number of rotatable bonds is 3. The molecule has 1 aromatic rings. The lowest BCUT2D eigenvalue weighted by molar-refractivity contribution is -0.131. The standard InChI is InChI=1S/C14H18N4O2/c19-12(18-5-3-14(1-2-14)4-6-18)9-17-13(20)11-7-15-10-16-8-11/h7-8,10H,1-6,9H2,(H,17,20). The third kappa shape index (κ3) is 2.79. The van der Waals surface area contributed by atoms with Crippen molar-refractivity contribution in [3.63, 3.8) is 0 Å². The van der Waals surface area contributed by atoms with Gasteiger partial charge < -0.3 is 10.2 Å². The van der Waals surface area contributed by atoms with Crippen molar-refractivity contribution in [2.24, 2.45) is 5.41 Å². The van der Waals surface area contributed by atoms with E-state index in [1.807, 2.05) is 4.90 Å². The molecule has 20 heavy (non-hydrogen) atoms. The highest BCUT2D eigenvalue weighted by Gasteiger charge is 2.44. The predicted molar refractivity (Wildman–Crippen MR) is 71.8 cm³/mol. The van der Waals surface area contributed by atoms with Crippen molar-refractivity contribution in [1.29, 1.82) is 0 Å². The van der Waals surface area contributed by atoms with Gasteiger partial charge in [-0.15, -0.1) is 0 Å². The van der Waals surface area contributed by atoms with Crippen molar-refractivity contribution in [1.82, 2.24) is 20.2 Å². The highest BCUT2D eigenvalue weighted by molar-refractivity contribution is 5.95. The lowest BCUT2D eigenvalue weighted by Gasteiger charge is -2.32. The minimum atomic E-state index is -0.311. The normalized spacial score (nSPS) is 19.7. The van der Waals surface area contributed by atoms with Gasteiger partial charge in [-0.25, -0.2) is 9.97 Å². The summed E-state index contributed by atoms with van der Waals surface area (Å²) in [5.41, 5.74) is 0.928. The molecule has 1 N–H and O–H groups in total. The van der Waals surface area contributed by atoms with Gasteiger partial charge in [0.15, 0.2) is 0 Å². The first kappa shape index (κ1) is 13.0. The Hall–Kier alpha value is -1.98. The summed E-state index contributed by atoms with van der Waals surface area (Å²) in [6, 6.07) is 0. The van der Waals surface area contributed by atoms with E-state index in [0.717, 1.165) is 25.9 Å². The fraction of sp³-hybridized carbons (Fsp3) is 0.571. The van der Waals surface area contributed by atoms with Gasteiger partial charge in [0.2, 0.25) is 5.91 Å². The van der Waals surface area contributed by atoms with Gasteiger partial charge in [0.25, 0.3) is 5.91 Å². The second kappa shape index (κ2) is 5.19. The van der Waals surface area contributed by atoms with E-state index in [9.17, 15) is 9.59 Å². The van der Waals surface area contributed by atoms with Crippen molar-refractivity contribution < 1.29 is 9.59 Å². The summed E-state index contributed by atoms with van der Waals surface area (Å²) in [5.74, 6) is -0.319. The smallest absolute Gasteiger partial charge is 0.254 e. The highest BCUT2D eigenvalue weighted by atomic mass is 16.2. The number of aromatic nitrogens is 2. The Bertz CT molecular complexity index is 503. The van der Waals surface area contributed by atoms with E-state index in [4.69, 9.17) is 0 Å². The Kier molecular flexibility index (Phi) is 3.38. The molecule has 6 nitrogen and oxygen atoms in total. The molecule has 0 aromatic carbocycles. The fourth-order valence-corrected chi connectivity index (χ4v) is 2.69. The molecule has 6 heteroatoms. The Morgan fingerprint density at radius 1 is 1.15 bits per heavy atom. The first-order chi connectivity index (χ1) is 9.69. The van der Waals surface area contributed by atoms with E-state index >= 15 is 0 Å². The van der Waals surface area contributed by atoms with Crippen LogP contribution in [0.15, 0.2) is 18.7 Å². The number of hydrogen-bond donors (Lipinski definition) is 1. The van der Waals surface area contributed by atoms with Gasteiger partial charge in [0.05, 0.1) is 12.1 Å². The molecule has 2 amide bonds. The second-order valence-electron chi connectivity index (χ2n) is 5.69. The molecule has 1 spiro atoms. The van der Waals surface area contributed by atoms with Gasteiger partial charge in [-0.1, -0.05) is 0 Å². The zero-order valence-corrected chi connectivity index (χ0v) is 11.3. The molecule has 1 saturated heterocycles. The Morgan fingerprint density at radius 3 is 2.40 bits per heavy atom. The van der Waals surface area contributed by atoms with E-state index in [0.29, 0.717) is 11.0 Å². The van der Waals surface area contributed by atoms with Crippen LogP contribution in [0.1, 0.15) is 36.0 Å². The molecular formula is C14H18N4O2. The lowest BCUT2D eigenvalue weighted by atomic mass is 9.94. The number of hydrogen-bond acceptors (Lipinski definition) is 4. The maximum absolute atomic E-state index is 12.0. The van der Waals surface area contributed by atoms with Gasteiger partial charge in [-0.2, -0.15) is 0 Å². The summed E-state index contributed by atoms with van der Waals surface area (Å²) >= 11 is 0. The number of carbonyl (C=O) groups is 2. The number of carbonyl (C=O) groups excluding carboxylic acids is 2. The molecule has 0 bridgehead atoms. The Balaban J connectivity index is 1.46. The first-order valence-corrected chi connectivity index (χ1v) is 7.00. The number of nitrogens with one attached hydrogen (secondary N) is 1. The molecule has 0 radical (unpaired) electrons. The summed E-state index contributed by atoms with van der Waals surface area (Å²) in [7, 11) is 0. The Morgan fingerprint density at radius 2 is 1.80 bits per heavy atom. The van der Waals surface area contributed by atoms with Crippen molar-refractivity contribution >= 4 is 11.8 Å². The molecular weight excluding hydrogens is 256 g/mol. The van der Waals surface area contributed by atoms with Crippen LogP contribution in [0.2, 0.25) is 0 Å². The second-order valence-corrected chi connectivity index (χ2v) is 5.69. The molecule has 2 heterocycles. The minimum Gasteiger partial charge on any atom is -0.343 e. The maximum atomic E-state index is 12.0. The monoisotopic (exact) mass is 274 g/mol. The largest absolute Gasteiger partial charge is 0.343 e. The van der Waals surface area contributed by atoms with Crippen LogP contribution in [0.5, 0.6) is 0 Å². The van der Waals surface area contributed by atoms with Crippen molar-refractivity contribution in [3.05, 3.63) is 24.3 Å². The van der Waals surface area contributed by atoms with Gasteiger partial charge in [-0.05, 0) is 31.1 Å². The maximum Gasteiger partial charge on any atom is 0.254 e. The van der Waals surface area contributed by atoms with Gasteiger partial charge in [-0.3, -0.25) is 9.59 Å². The molecule has 0 unspecified atom stereocenters. The summed E-state index contributed by atoms with van der Waals surface area (Å²) in [4.78, 5) is 33.2. The average molecular weight is 274 g/mol. The molecule has 1 aliphatic carbocycles. The number of piperidine rings is 1. The van der Waals surface area contributed by atoms with Crippen LogP contribution in [-0.4, -0.2) is 46.3 Å². The van der Waals surface area contributed by atoms with E-state index in [1.165, 1.54) is 31.6 Å². The minimum absolute atomic E-state index is 0.00861. The highest BCUT2D eigenvalue weighted by Crippen LogP contribution is 2.53. The molecule has 1 saturated carbocycles. The average Bonchev–Trinajstić information content (AvgIpc) is 3.25. The number of nitrogens with zero attached hydrogens (tertiary/aromatic N) is 3. The quantitative estimate of drug-likeness (QED) is 0.876. The van der Waals surface area contributed by atoms with E-state index in [2.05, 4.69) is 15.3 Å². The summed E-state index contributed by atoms with van der Waals surface area (Å²) in [6.07, 6.45) is 9.09. The third-order valence-electron chi connectivity index (χ3n) is 4.36. The topological polar surface area (TPSA) is 75.2 Å². The van der Waals surface area contributed by atoms with Crippen LogP contribution in [0, 0.1) is 5.41 Å². The molecule has 0 atom stereocenters. The third-order valence-corrected chi connectivity index (χ3v) is 4.36. The van der Waals surface area contributed by atoms with E-state index in [-0.39, 0.29) is 18.4 Å². The van der Waals surface area contributed by atoms with Crippen LogP contribution in [-0.2, 0) is 4.79 Å². The summed E-state index contributed by atoms with van der Waals surface area (Å²) in [5, 5.41) is 2.62. The zero-order valence-electron chi connectivity index (χ0n) is 11.3. The Labute approximate surface area is 117 Å². The molecule has 2 aliphatic rings. The first-order valence-electron chi connectivity index (χ1n) is 7.00. The van der Waals surface area contributed by atoms with Gasteiger partial charge in [0, 0.05) is 25.5 Å². The van der Waals surface area contributed by atoms with Crippen molar-refractivity contribution in [2.45, 2.75) is 25.7 Å². The molecule has 106 valence electrons. The SMILES string of the molecule is O=C(NCC(=O)N1CCC2(CC1)CC2)c1cncnc1. The van der Waals surface area contributed by atoms with Crippen LogP contribution >= 0.6 is 0 Å². The van der Waals surface area contributed by atoms with Crippen LogP contribution in [0.4, 0.5) is 0 Å². The van der Waals surface area contributed by atoms with Crippen molar-refractivity contribution in [2.75, 3.05) is 19.6 Å². The predicted octanol–water partition coefficient (Wildman–Crippen LogP) is 0.609. The number of amides is 2. The zero-order chi connectivity index (χ0) is 14.0. The van der Waals surface area contributed by atoms with Gasteiger partial charge in [0.1, 0.15) is 6.33 Å². The van der Waals surface area contributed by atoms with Crippen LogP contribution in [0.25, 0.3) is 0 Å². The van der Waals surface area contributed by atoms with E-state index < -0.39 is 0 Å². The molecule has 1 aromatic heterocycles. The summed E-state index contributed by atoms with van der Waals surface area (Å²) < 4.78 is 0. The summed E-state index contributed by atoms with van der Waals surface area (Å²) in [6.45, 7) is 1.69. The lowest BCUT2D eigenvalue weighted by Crippen LogP contribution is -2.44. The van der Waals surface area contributed by atoms with Crippen LogP contribution < -0.4 is 5.32 Å². The number of likely N-dealkylation sites (tertiary alicyclic amines) is 1. The molecule has 1 aliphatic heterocycles. The van der Waals surface area contributed by atoms with Crippen LogP contribution in [0.3, 0.4) is 0 Å². The molecule has 3 rings (SSSR count). The van der Waals surface area contributed by atoms with Gasteiger partial charge >= 0.3 is 0 Å². The molecule has 2 fully saturated rings. The van der Waals surface area contributed by atoms with Crippen molar-refractivity contribution in [3.8, 4) is 0 Å². The van der Waals surface area contributed by atoms with E-state index in [1.54, 1.807) is 0 Å². The fourth-order valence-electron chi connectivity index (χ4n) is 2.69.